The molecule has 0 fully saturated rings. The highest BCUT2D eigenvalue weighted by Gasteiger charge is 2.24. The molecule has 1 unspecified atom stereocenters. The third kappa shape index (κ3) is 5.92. The second-order valence-electron chi connectivity index (χ2n) is 5.27. The zero-order valence-electron chi connectivity index (χ0n) is 15.0. The van der Waals surface area contributed by atoms with E-state index in [-0.39, 0.29) is 17.5 Å². The van der Waals surface area contributed by atoms with Crippen LogP contribution < -0.4 is 15.4 Å². The van der Waals surface area contributed by atoms with Crippen LogP contribution >= 0.6 is 0 Å². The number of hydrogen-bond donors (Lipinski definition) is 4. The van der Waals surface area contributed by atoms with Gasteiger partial charge < -0.3 is 15.6 Å². The molecule has 4 N–H and O–H groups in total. The van der Waals surface area contributed by atoms with E-state index in [0.717, 1.165) is 0 Å². The van der Waals surface area contributed by atoms with Crippen LogP contribution in [0, 0.1) is 17.3 Å². The number of allylic oxidation sites excluding steroid dienone is 2. The molecule has 0 bridgehead atoms. The number of hydrogen-bond acceptors (Lipinski definition) is 7. The summed E-state index contributed by atoms with van der Waals surface area (Å²) in [6.45, 7) is 2.11. The molecule has 0 saturated carbocycles. The molecular weight excluding hydrogens is 340 g/mol. The van der Waals surface area contributed by atoms with Gasteiger partial charge in [-0.25, -0.2) is 8.42 Å². The average molecular weight is 366 g/mol. The lowest BCUT2D eigenvalue weighted by Gasteiger charge is -2.29. The van der Waals surface area contributed by atoms with Crippen molar-refractivity contribution >= 4 is 22.1 Å². The van der Waals surface area contributed by atoms with Crippen molar-refractivity contribution in [2.45, 2.75) is 25.9 Å². The molecule has 1 aliphatic heterocycles. The topological polar surface area (TPSA) is 110 Å². The summed E-state index contributed by atoms with van der Waals surface area (Å²) in [5.74, 6) is 6.32. The van der Waals surface area contributed by atoms with Gasteiger partial charge in [0.2, 0.25) is 0 Å². The van der Waals surface area contributed by atoms with Gasteiger partial charge in [-0.3, -0.25) is 15.0 Å². The SMILES string of the molecule is CC#C/C=C(\CCC=N)S(=O)(=O)NC1=CC(NC)=NCC(NC)N1C. The Morgan fingerprint density at radius 3 is 2.80 bits per heavy atom. The van der Waals surface area contributed by atoms with Gasteiger partial charge in [-0.2, -0.15) is 0 Å². The van der Waals surface area contributed by atoms with Crippen molar-refractivity contribution in [3.63, 3.8) is 0 Å². The number of amidine groups is 1. The van der Waals surface area contributed by atoms with Crippen LogP contribution in [0.4, 0.5) is 0 Å². The first-order chi connectivity index (χ1) is 11.9. The van der Waals surface area contributed by atoms with Gasteiger partial charge in [0.1, 0.15) is 17.8 Å². The molecule has 1 rings (SSSR count). The number of rotatable bonds is 7. The standard InChI is InChI=1S/C16H26N6O2S/c1-5-6-8-13(9-7-10-17)25(23,24)21-15-11-14(18-2)20-12-16(19-3)22(15)4/h8,10-11,16-17,19,21H,7,9,12H2,1-4H3,(H,18,20)/b13-8+,17-10?. The Morgan fingerprint density at radius 2 is 2.24 bits per heavy atom. The van der Waals surface area contributed by atoms with Crippen LogP contribution in [-0.2, 0) is 10.0 Å². The predicted molar refractivity (Wildman–Crippen MR) is 102 cm³/mol. The van der Waals surface area contributed by atoms with Gasteiger partial charge in [-0.05, 0) is 33.0 Å². The van der Waals surface area contributed by atoms with Crippen molar-refractivity contribution in [1.82, 2.24) is 20.3 Å². The summed E-state index contributed by atoms with van der Waals surface area (Å²) in [6.07, 6.45) is 4.61. The Balaban J connectivity index is 3.19. The van der Waals surface area contributed by atoms with E-state index in [2.05, 4.69) is 32.2 Å². The molecule has 8 nitrogen and oxygen atoms in total. The summed E-state index contributed by atoms with van der Waals surface area (Å²) >= 11 is 0. The maximum atomic E-state index is 12.8. The highest BCUT2D eigenvalue weighted by Crippen LogP contribution is 2.16. The van der Waals surface area contributed by atoms with Crippen molar-refractivity contribution < 1.29 is 8.42 Å². The summed E-state index contributed by atoms with van der Waals surface area (Å²) in [4.78, 5) is 6.32. The molecule has 0 aromatic rings. The smallest absolute Gasteiger partial charge is 0.259 e. The Hall–Kier alpha value is -2.31. The van der Waals surface area contributed by atoms with Crippen LogP contribution in [0.3, 0.4) is 0 Å². The molecule has 0 amide bonds. The summed E-state index contributed by atoms with van der Waals surface area (Å²) < 4.78 is 28.2. The second kappa shape index (κ2) is 9.86. The molecule has 0 saturated heterocycles. The summed E-state index contributed by atoms with van der Waals surface area (Å²) in [5.41, 5.74) is 0. The third-order valence-electron chi connectivity index (χ3n) is 3.64. The lowest BCUT2D eigenvalue weighted by molar-refractivity contribution is 0.269. The first kappa shape index (κ1) is 20.7. The van der Waals surface area contributed by atoms with Crippen LogP contribution in [0.25, 0.3) is 0 Å². The largest absolute Gasteiger partial charge is 0.373 e. The molecule has 0 aromatic carbocycles. The molecule has 1 heterocycles. The molecule has 25 heavy (non-hydrogen) atoms. The minimum Gasteiger partial charge on any atom is -0.373 e. The third-order valence-corrected chi connectivity index (χ3v) is 5.13. The quantitative estimate of drug-likeness (QED) is 0.380. The van der Waals surface area contributed by atoms with E-state index >= 15 is 0 Å². The van der Waals surface area contributed by atoms with Crippen LogP contribution in [0.5, 0.6) is 0 Å². The van der Waals surface area contributed by atoms with Gasteiger partial charge in [-0.15, -0.1) is 5.92 Å². The number of nitrogens with zero attached hydrogens (tertiary/aromatic N) is 2. The Kier molecular flexibility index (Phi) is 8.18. The average Bonchev–Trinajstić information content (AvgIpc) is 2.73. The predicted octanol–water partition coefficient (Wildman–Crippen LogP) is 0.193. The molecule has 138 valence electrons. The lowest BCUT2D eigenvalue weighted by Crippen LogP contribution is -2.46. The van der Waals surface area contributed by atoms with Gasteiger partial charge in [0.15, 0.2) is 0 Å². The van der Waals surface area contributed by atoms with E-state index in [1.165, 1.54) is 12.3 Å². The van der Waals surface area contributed by atoms with Crippen molar-refractivity contribution in [2.24, 2.45) is 4.99 Å². The lowest BCUT2D eigenvalue weighted by atomic mass is 10.3. The molecule has 0 radical (unpaired) electrons. The number of sulfonamides is 1. The van der Waals surface area contributed by atoms with Crippen LogP contribution in [-0.4, -0.2) is 59.2 Å². The monoisotopic (exact) mass is 366 g/mol. The maximum absolute atomic E-state index is 12.8. The first-order valence-electron chi connectivity index (χ1n) is 7.86. The minimum absolute atomic E-state index is 0.146. The van der Waals surface area contributed by atoms with Gasteiger partial charge >= 0.3 is 0 Å². The fourth-order valence-electron chi connectivity index (χ4n) is 2.14. The van der Waals surface area contributed by atoms with Crippen molar-refractivity contribution in [2.75, 3.05) is 27.7 Å². The van der Waals surface area contributed by atoms with Gasteiger partial charge in [0.05, 0.1) is 11.4 Å². The summed E-state index contributed by atoms with van der Waals surface area (Å²) in [7, 11) is 1.51. The highest BCUT2D eigenvalue weighted by atomic mass is 32.2. The van der Waals surface area contributed by atoms with E-state index in [4.69, 9.17) is 5.41 Å². The fourth-order valence-corrected chi connectivity index (χ4v) is 3.35. The molecule has 1 atom stereocenters. The molecular formula is C16H26N6O2S. The molecule has 0 aromatic heterocycles. The Labute approximate surface area is 150 Å². The number of likely N-dealkylation sites (N-methyl/N-ethyl adjacent to an activating group) is 3. The van der Waals surface area contributed by atoms with Crippen molar-refractivity contribution in [3.05, 3.63) is 22.9 Å². The second-order valence-corrected chi connectivity index (χ2v) is 7.01. The van der Waals surface area contributed by atoms with Crippen LogP contribution in [0.2, 0.25) is 0 Å². The highest BCUT2D eigenvalue weighted by molar-refractivity contribution is 7.93. The fraction of sp³-hybridized carbons (Fsp3) is 0.500. The summed E-state index contributed by atoms with van der Waals surface area (Å²) in [5, 5.41) is 13.2. The van der Waals surface area contributed by atoms with Gasteiger partial charge in [-0.1, -0.05) is 5.92 Å². The van der Waals surface area contributed by atoms with E-state index < -0.39 is 10.0 Å². The Morgan fingerprint density at radius 1 is 1.52 bits per heavy atom. The van der Waals surface area contributed by atoms with Gasteiger partial charge in [0, 0.05) is 26.2 Å². The van der Waals surface area contributed by atoms with Gasteiger partial charge in [0.25, 0.3) is 10.0 Å². The minimum atomic E-state index is -3.79. The number of nitrogens with one attached hydrogen (secondary N) is 4. The molecule has 0 aliphatic carbocycles. The molecule has 1 aliphatic rings. The normalized spacial score (nSPS) is 18.3. The van der Waals surface area contributed by atoms with Crippen molar-refractivity contribution in [3.8, 4) is 11.8 Å². The first-order valence-corrected chi connectivity index (χ1v) is 9.35. The molecule has 9 heteroatoms. The zero-order valence-corrected chi connectivity index (χ0v) is 15.9. The van der Waals surface area contributed by atoms with E-state index in [0.29, 0.717) is 24.6 Å². The van der Waals surface area contributed by atoms with E-state index in [1.54, 1.807) is 39.0 Å². The van der Waals surface area contributed by atoms with Crippen LogP contribution in [0.15, 0.2) is 27.9 Å². The number of aliphatic imine (C=N–C) groups is 1. The Bertz CT molecular complexity index is 727. The zero-order chi connectivity index (χ0) is 18.9. The molecule has 0 spiro atoms. The van der Waals surface area contributed by atoms with Crippen molar-refractivity contribution in [1.29, 1.82) is 5.41 Å². The van der Waals surface area contributed by atoms with E-state index in [9.17, 15) is 8.42 Å². The van der Waals surface area contributed by atoms with E-state index in [1.807, 2.05) is 0 Å². The summed E-state index contributed by atoms with van der Waals surface area (Å²) in [6, 6.07) is 0. The maximum Gasteiger partial charge on any atom is 0.259 e. The van der Waals surface area contributed by atoms with Crippen LogP contribution in [0.1, 0.15) is 19.8 Å².